The van der Waals surface area contributed by atoms with E-state index < -0.39 is 0 Å². The fourth-order valence-corrected chi connectivity index (χ4v) is 0.947. The van der Waals surface area contributed by atoms with Crippen molar-refractivity contribution in [2.45, 2.75) is 20.8 Å². The first-order valence-corrected chi connectivity index (χ1v) is 4.70. The number of nitrogens with one attached hydrogen (secondary N) is 1. The van der Waals surface area contributed by atoms with Crippen molar-refractivity contribution in [1.82, 2.24) is 5.32 Å². The third-order valence-corrected chi connectivity index (χ3v) is 1.49. The van der Waals surface area contributed by atoms with Crippen LogP contribution in [0.4, 0.5) is 0 Å². The third-order valence-electron chi connectivity index (χ3n) is 1.49. The second kappa shape index (κ2) is 6.95. The minimum absolute atomic E-state index is 0.135. The highest BCUT2D eigenvalue weighted by atomic mass is 16.5. The molecule has 1 N–H and O–H groups in total. The molecule has 0 aromatic heterocycles. The van der Waals surface area contributed by atoms with Crippen LogP contribution < -0.4 is 5.32 Å². The fraction of sp³-hybridized carbons (Fsp3) is 0.364. The normalized spacial score (nSPS) is 15.5. The van der Waals surface area contributed by atoms with E-state index in [2.05, 4.69) is 11.9 Å². The second-order valence-corrected chi connectivity index (χ2v) is 2.28. The maximum absolute atomic E-state index is 11.2. The maximum atomic E-state index is 11.2. The predicted octanol–water partition coefficient (Wildman–Crippen LogP) is 2.13. The van der Waals surface area contributed by atoms with Crippen molar-refractivity contribution < 1.29 is 9.53 Å². The van der Waals surface area contributed by atoms with Gasteiger partial charge in [0.05, 0.1) is 5.57 Å². The summed E-state index contributed by atoms with van der Waals surface area (Å²) < 4.78 is 5.18. The minimum Gasteiger partial charge on any atom is -0.472 e. The molecule has 0 spiro atoms. The zero-order valence-electron chi connectivity index (χ0n) is 8.96. The number of hydrogen-bond donors (Lipinski definition) is 1. The molecule has 0 atom stereocenters. The van der Waals surface area contributed by atoms with E-state index in [9.17, 15) is 4.79 Å². The van der Waals surface area contributed by atoms with Gasteiger partial charge in [-0.1, -0.05) is 32.6 Å². The highest BCUT2D eigenvalue weighted by Crippen LogP contribution is 2.12. The Morgan fingerprint density at radius 3 is 2.64 bits per heavy atom. The number of ether oxygens (including phenoxy) is 1. The van der Waals surface area contributed by atoms with Crippen LogP contribution in [0.5, 0.6) is 0 Å². The molecule has 78 valence electrons. The summed E-state index contributed by atoms with van der Waals surface area (Å²) in [6, 6.07) is 0. The van der Waals surface area contributed by atoms with Crippen LogP contribution in [0.25, 0.3) is 0 Å². The van der Waals surface area contributed by atoms with Gasteiger partial charge in [-0.2, -0.15) is 0 Å². The summed E-state index contributed by atoms with van der Waals surface area (Å²) in [7, 11) is 0. The van der Waals surface area contributed by atoms with Gasteiger partial charge in [-0.25, -0.2) is 0 Å². The van der Waals surface area contributed by atoms with E-state index in [1.54, 1.807) is 6.08 Å². The third kappa shape index (κ3) is 3.09. The van der Waals surface area contributed by atoms with Crippen LogP contribution in [0, 0.1) is 0 Å². The van der Waals surface area contributed by atoms with Gasteiger partial charge in [0.1, 0.15) is 5.76 Å². The highest BCUT2D eigenvalue weighted by Gasteiger charge is 2.16. The molecule has 1 rings (SSSR count). The number of carbonyl (C=O) groups is 1. The average Bonchev–Trinajstić information content (AvgIpc) is 2.22. The Hall–Kier alpha value is -1.51. The standard InChI is InChI=1S/C9H11NO2.C2H6/c1-3-5-8-7(4-2)9(11)10-6-12-8;1-2/h3-5H,2,6H2,1H3,(H,10,11);1-2H3/b5-3-;. The van der Waals surface area contributed by atoms with E-state index in [-0.39, 0.29) is 12.6 Å². The lowest BCUT2D eigenvalue weighted by atomic mass is 10.2. The Balaban J connectivity index is 0.000000791. The Bertz CT molecular complexity index is 264. The topological polar surface area (TPSA) is 38.3 Å². The van der Waals surface area contributed by atoms with E-state index in [0.29, 0.717) is 11.3 Å². The van der Waals surface area contributed by atoms with Gasteiger partial charge in [-0.15, -0.1) is 0 Å². The number of hydrogen-bond acceptors (Lipinski definition) is 2. The Morgan fingerprint density at radius 1 is 1.50 bits per heavy atom. The van der Waals surface area contributed by atoms with Crippen LogP contribution in [-0.2, 0) is 9.53 Å². The summed E-state index contributed by atoms with van der Waals surface area (Å²) in [6.45, 7) is 9.63. The predicted molar refractivity (Wildman–Crippen MR) is 57.5 cm³/mol. The smallest absolute Gasteiger partial charge is 0.257 e. The number of rotatable bonds is 2. The molecular formula is C11H17NO2. The van der Waals surface area contributed by atoms with E-state index in [0.717, 1.165) is 0 Å². The van der Waals surface area contributed by atoms with E-state index in [1.807, 2.05) is 26.8 Å². The SMILES string of the molecule is C=CC1=C(/C=C\C)OCNC1=O.CC. The Kier molecular flexibility index (Phi) is 6.20. The van der Waals surface area contributed by atoms with Crippen LogP contribution in [0.3, 0.4) is 0 Å². The summed E-state index contributed by atoms with van der Waals surface area (Å²) in [4.78, 5) is 11.2. The number of carbonyl (C=O) groups excluding carboxylic acids is 1. The van der Waals surface area contributed by atoms with Crippen molar-refractivity contribution in [3.05, 3.63) is 36.1 Å². The molecule has 0 bridgehead atoms. The summed E-state index contributed by atoms with van der Waals surface area (Å²) >= 11 is 0. The Morgan fingerprint density at radius 2 is 2.14 bits per heavy atom. The lowest BCUT2D eigenvalue weighted by Crippen LogP contribution is -2.32. The van der Waals surface area contributed by atoms with Gasteiger partial charge in [-0.05, 0) is 13.0 Å². The van der Waals surface area contributed by atoms with Crippen molar-refractivity contribution in [3.63, 3.8) is 0 Å². The molecule has 3 heteroatoms. The number of amides is 1. The lowest BCUT2D eigenvalue weighted by Gasteiger charge is -2.17. The molecule has 0 aromatic rings. The van der Waals surface area contributed by atoms with Gasteiger partial charge in [0.25, 0.3) is 5.91 Å². The zero-order chi connectivity index (χ0) is 11.0. The molecule has 3 nitrogen and oxygen atoms in total. The second-order valence-electron chi connectivity index (χ2n) is 2.28. The monoisotopic (exact) mass is 195 g/mol. The molecule has 0 saturated carbocycles. The van der Waals surface area contributed by atoms with Gasteiger partial charge >= 0.3 is 0 Å². The van der Waals surface area contributed by atoms with Crippen molar-refractivity contribution in [3.8, 4) is 0 Å². The van der Waals surface area contributed by atoms with E-state index >= 15 is 0 Å². The van der Waals surface area contributed by atoms with Crippen molar-refractivity contribution in [2.24, 2.45) is 0 Å². The van der Waals surface area contributed by atoms with Crippen molar-refractivity contribution in [1.29, 1.82) is 0 Å². The molecule has 14 heavy (non-hydrogen) atoms. The van der Waals surface area contributed by atoms with Crippen LogP contribution in [0.15, 0.2) is 36.1 Å². The largest absolute Gasteiger partial charge is 0.472 e. The van der Waals surface area contributed by atoms with Crippen LogP contribution >= 0.6 is 0 Å². The molecule has 1 aliphatic rings. The summed E-state index contributed by atoms with van der Waals surface area (Å²) in [5, 5.41) is 2.55. The number of allylic oxidation sites excluding steroid dienone is 2. The summed E-state index contributed by atoms with van der Waals surface area (Å²) in [5.74, 6) is 0.445. The minimum atomic E-state index is -0.135. The molecule has 1 heterocycles. The van der Waals surface area contributed by atoms with Gasteiger partial charge < -0.3 is 10.1 Å². The zero-order valence-corrected chi connectivity index (χ0v) is 8.96. The van der Waals surface area contributed by atoms with Crippen LogP contribution in [0.1, 0.15) is 20.8 Å². The first-order valence-electron chi connectivity index (χ1n) is 4.70. The molecule has 0 fully saturated rings. The summed E-state index contributed by atoms with van der Waals surface area (Å²) in [6.07, 6.45) is 5.05. The highest BCUT2D eigenvalue weighted by molar-refractivity contribution is 5.97. The van der Waals surface area contributed by atoms with Gasteiger partial charge in [0.15, 0.2) is 6.73 Å². The lowest BCUT2D eigenvalue weighted by molar-refractivity contribution is -0.119. The van der Waals surface area contributed by atoms with Gasteiger partial charge in [-0.3, -0.25) is 4.79 Å². The molecular weight excluding hydrogens is 178 g/mol. The molecule has 0 saturated heterocycles. The van der Waals surface area contributed by atoms with Crippen molar-refractivity contribution in [2.75, 3.05) is 6.73 Å². The van der Waals surface area contributed by atoms with Crippen LogP contribution in [-0.4, -0.2) is 12.6 Å². The quantitative estimate of drug-likeness (QED) is 0.733. The molecule has 0 unspecified atom stereocenters. The Labute approximate surface area is 85.1 Å². The van der Waals surface area contributed by atoms with Crippen molar-refractivity contribution >= 4 is 5.91 Å². The summed E-state index contributed by atoms with van der Waals surface area (Å²) in [5.41, 5.74) is 0.486. The van der Waals surface area contributed by atoms with Gasteiger partial charge in [0, 0.05) is 0 Å². The molecule has 1 amide bonds. The van der Waals surface area contributed by atoms with Crippen LogP contribution in [0.2, 0.25) is 0 Å². The van der Waals surface area contributed by atoms with Gasteiger partial charge in [0.2, 0.25) is 0 Å². The van der Waals surface area contributed by atoms with E-state index in [1.165, 1.54) is 6.08 Å². The first kappa shape index (κ1) is 12.5. The van der Waals surface area contributed by atoms with E-state index in [4.69, 9.17) is 4.74 Å². The first-order chi connectivity index (χ1) is 6.79. The molecule has 0 aromatic carbocycles. The molecule has 0 radical (unpaired) electrons. The molecule has 1 aliphatic heterocycles. The average molecular weight is 195 g/mol. The fourth-order valence-electron chi connectivity index (χ4n) is 0.947. The maximum Gasteiger partial charge on any atom is 0.257 e. The molecule has 0 aliphatic carbocycles.